The van der Waals surface area contributed by atoms with Crippen molar-refractivity contribution in [1.29, 1.82) is 0 Å². The van der Waals surface area contributed by atoms with Gasteiger partial charge in [0.2, 0.25) is 0 Å². The number of methoxy groups -OCH3 is 2. The fourth-order valence-corrected chi connectivity index (χ4v) is 3.00. The molecule has 0 aromatic carbocycles. The van der Waals surface area contributed by atoms with Gasteiger partial charge in [-0.2, -0.15) is 0 Å². The van der Waals surface area contributed by atoms with Crippen molar-refractivity contribution in [2.24, 2.45) is 0 Å². The molecule has 0 aliphatic heterocycles. The quantitative estimate of drug-likeness (QED) is 0.791. The average molecular weight is 243 g/mol. The standard InChI is InChI=1S/C13H25NO3/c1-14-11-8-12(13(11)16-3)17-10-6-4-5-9(7-10)15-2/h9-14H,4-8H2,1-3H3. The van der Waals surface area contributed by atoms with E-state index in [1.807, 2.05) is 7.05 Å². The molecule has 2 aliphatic carbocycles. The Bertz CT molecular complexity index is 235. The minimum atomic E-state index is 0.211. The highest BCUT2D eigenvalue weighted by atomic mass is 16.5. The monoisotopic (exact) mass is 243 g/mol. The van der Waals surface area contributed by atoms with Crippen LogP contribution in [0.25, 0.3) is 0 Å². The number of likely N-dealkylation sites (N-methyl/N-ethyl adjacent to an activating group) is 1. The molecule has 0 spiro atoms. The molecule has 0 heterocycles. The van der Waals surface area contributed by atoms with Gasteiger partial charge in [0, 0.05) is 20.3 Å². The van der Waals surface area contributed by atoms with Gasteiger partial charge in [-0.1, -0.05) is 0 Å². The zero-order valence-corrected chi connectivity index (χ0v) is 11.1. The van der Waals surface area contributed by atoms with Crippen molar-refractivity contribution in [3.8, 4) is 0 Å². The molecule has 2 fully saturated rings. The van der Waals surface area contributed by atoms with Crippen LogP contribution in [0.3, 0.4) is 0 Å². The Labute approximate surface area is 104 Å². The van der Waals surface area contributed by atoms with Gasteiger partial charge >= 0.3 is 0 Å². The van der Waals surface area contributed by atoms with Gasteiger partial charge in [-0.05, 0) is 39.2 Å². The fraction of sp³-hybridized carbons (Fsp3) is 1.00. The molecule has 2 saturated carbocycles. The molecule has 5 unspecified atom stereocenters. The van der Waals surface area contributed by atoms with Crippen LogP contribution < -0.4 is 5.32 Å². The van der Waals surface area contributed by atoms with Crippen LogP contribution in [0.15, 0.2) is 0 Å². The predicted octanol–water partition coefficient (Wildman–Crippen LogP) is 1.34. The maximum Gasteiger partial charge on any atom is 0.0986 e. The molecule has 100 valence electrons. The van der Waals surface area contributed by atoms with Gasteiger partial charge in [-0.25, -0.2) is 0 Å². The summed E-state index contributed by atoms with van der Waals surface area (Å²) >= 11 is 0. The van der Waals surface area contributed by atoms with E-state index in [0.29, 0.717) is 18.2 Å². The molecule has 0 bridgehead atoms. The summed E-state index contributed by atoms with van der Waals surface area (Å²) in [6.07, 6.45) is 6.86. The van der Waals surface area contributed by atoms with Gasteiger partial charge in [0.05, 0.1) is 24.4 Å². The molecule has 4 nitrogen and oxygen atoms in total. The van der Waals surface area contributed by atoms with Crippen LogP contribution in [-0.2, 0) is 14.2 Å². The summed E-state index contributed by atoms with van der Waals surface area (Å²) in [5.41, 5.74) is 0. The smallest absolute Gasteiger partial charge is 0.0986 e. The summed E-state index contributed by atoms with van der Waals surface area (Å²) in [6.45, 7) is 0. The molecule has 0 aromatic heterocycles. The molecule has 2 aliphatic rings. The summed E-state index contributed by atoms with van der Waals surface area (Å²) in [5, 5.41) is 3.26. The molecule has 2 rings (SSSR count). The third-order valence-corrected chi connectivity index (χ3v) is 4.17. The second-order valence-corrected chi connectivity index (χ2v) is 5.15. The lowest BCUT2D eigenvalue weighted by Crippen LogP contribution is -2.59. The molecular formula is C13H25NO3. The first-order valence-corrected chi connectivity index (χ1v) is 6.66. The molecule has 17 heavy (non-hydrogen) atoms. The Morgan fingerprint density at radius 2 is 1.76 bits per heavy atom. The molecule has 0 amide bonds. The van der Waals surface area contributed by atoms with Gasteiger partial charge in [0.25, 0.3) is 0 Å². The van der Waals surface area contributed by atoms with Gasteiger partial charge < -0.3 is 19.5 Å². The Balaban J connectivity index is 1.77. The van der Waals surface area contributed by atoms with E-state index in [1.54, 1.807) is 14.2 Å². The normalized spacial score (nSPS) is 42.2. The Morgan fingerprint density at radius 1 is 1.00 bits per heavy atom. The van der Waals surface area contributed by atoms with Gasteiger partial charge in [-0.3, -0.25) is 0 Å². The third kappa shape index (κ3) is 2.99. The summed E-state index contributed by atoms with van der Waals surface area (Å²) in [7, 11) is 5.54. The first kappa shape index (κ1) is 13.3. The first-order valence-electron chi connectivity index (χ1n) is 6.66. The van der Waals surface area contributed by atoms with Crippen LogP contribution in [0.2, 0.25) is 0 Å². The number of hydrogen-bond acceptors (Lipinski definition) is 4. The maximum absolute atomic E-state index is 6.15. The largest absolute Gasteiger partial charge is 0.381 e. The van der Waals surface area contributed by atoms with Crippen LogP contribution >= 0.6 is 0 Å². The lowest BCUT2D eigenvalue weighted by molar-refractivity contribution is -0.168. The van der Waals surface area contributed by atoms with E-state index in [4.69, 9.17) is 14.2 Å². The highest BCUT2D eigenvalue weighted by Crippen LogP contribution is 2.31. The second-order valence-electron chi connectivity index (χ2n) is 5.15. The molecular weight excluding hydrogens is 218 g/mol. The highest BCUT2D eigenvalue weighted by Gasteiger charge is 2.43. The van der Waals surface area contributed by atoms with E-state index < -0.39 is 0 Å². The van der Waals surface area contributed by atoms with Gasteiger partial charge in [0.15, 0.2) is 0 Å². The molecule has 1 N–H and O–H groups in total. The topological polar surface area (TPSA) is 39.7 Å². The molecule has 0 aromatic rings. The van der Waals surface area contributed by atoms with Crippen LogP contribution in [0.5, 0.6) is 0 Å². The zero-order valence-electron chi connectivity index (χ0n) is 11.1. The Hall–Kier alpha value is -0.160. The van der Waals surface area contributed by atoms with Crippen molar-refractivity contribution in [2.75, 3.05) is 21.3 Å². The summed E-state index contributed by atoms with van der Waals surface area (Å²) in [6, 6.07) is 0.451. The first-order chi connectivity index (χ1) is 8.28. The second kappa shape index (κ2) is 6.14. The van der Waals surface area contributed by atoms with E-state index in [-0.39, 0.29) is 12.2 Å². The SMILES string of the molecule is CNC1CC(OC2CCCC(OC)C2)C1OC. The number of hydrogen-bond donors (Lipinski definition) is 1. The fourth-order valence-electron chi connectivity index (χ4n) is 3.00. The summed E-state index contributed by atoms with van der Waals surface area (Å²) in [5.74, 6) is 0. The van der Waals surface area contributed by atoms with Crippen molar-refractivity contribution >= 4 is 0 Å². The Kier molecular flexibility index (Phi) is 4.79. The van der Waals surface area contributed by atoms with Crippen LogP contribution in [0.1, 0.15) is 32.1 Å². The van der Waals surface area contributed by atoms with Crippen LogP contribution in [-0.4, -0.2) is 51.7 Å². The maximum atomic E-state index is 6.15. The zero-order chi connectivity index (χ0) is 12.3. The van der Waals surface area contributed by atoms with Crippen molar-refractivity contribution in [3.63, 3.8) is 0 Å². The number of rotatable bonds is 5. The average Bonchev–Trinajstić information content (AvgIpc) is 2.34. The van der Waals surface area contributed by atoms with E-state index in [1.165, 1.54) is 12.8 Å². The van der Waals surface area contributed by atoms with Crippen molar-refractivity contribution in [3.05, 3.63) is 0 Å². The minimum Gasteiger partial charge on any atom is -0.381 e. The predicted molar refractivity (Wildman–Crippen MR) is 66.2 cm³/mol. The van der Waals surface area contributed by atoms with E-state index in [0.717, 1.165) is 19.3 Å². The molecule has 4 heteroatoms. The minimum absolute atomic E-state index is 0.211. The van der Waals surface area contributed by atoms with Gasteiger partial charge in [0.1, 0.15) is 0 Å². The molecule has 5 atom stereocenters. The number of nitrogens with one attached hydrogen (secondary N) is 1. The lowest BCUT2D eigenvalue weighted by atomic mass is 9.84. The van der Waals surface area contributed by atoms with E-state index >= 15 is 0 Å². The van der Waals surface area contributed by atoms with E-state index in [2.05, 4.69) is 5.32 Å². The summed E-state index contributed by atoms with van der Waals surface area (Å²) < 4.78 is 17.1. The van der Waals surface area contributed by atoms with Crippen molar-refractivity contribution in [2.45, 2.75) is 62.6 Å². The van der Waals surface area contributed by atoms with Crippen molar-refractivity contribution in [1.82, 2.24) is 5.32 Å². The molecule has 0 saturated heterocycles. The summed E-state index contributed by atoms with van der Waals surface area (Å²) in [4.78, 5) is 0. The van der Waals surface area contributed by atoms with Crippen molar-refractivity contribution < 1.29 is 14.2 Å². The van der Waals surface area contributed by atoms with Crippen LogP contribution in [0.4, 0.5) is 0 Å². The van der Waals surface area contributed by atoms with Gasteiger partial charge in [-0.15, -0.1) is 0 Å². The van der Waals surface area contributed by atoms with E-state index in [9.17, 15) is 0 Å². The third-order valence-electron chi connectivity index (χ3n) is 4.17. The Morgan fingerprint density at radius 3 is 2.41 bits per heavy atom. The highest BCUT2D eigenvalue weighted by molar-refractivity contribution is 4.97. The lowest BCUT2D eigenvalue weighted by Gasteiger charge is -2.45. The molecule has 0 radical (unpaired) electrons. The van der Waals surface area contributed by atoms with Crippen LogP contribution in [0, 0.1) is 0 Å². The number of ether oxygens (including phenoxy) is 3.